The van der Waals surface area contributed by atoms with Crippen molar-refractivity contribution in [2.75, 3.05) is 5.32 Å². The fraction of sp³-hybridized carbons (Fsp3) is 0.100. The second-order valence-corrected chi connectivity index (χ2v) is 9.04. The van der Waals surface area contributed by atoms with Crippen LogP contribution < -0.4 is 5.32 Å². The molecule has 0 aliphatic carbocycles. The van der Waals surface area contributed by atoms with E-state index in [1.807, 2.05) is 65.5 Å². The smallest absolute Gasteiger partial charge is 0.230 e. The molecular formula is C20H16BrN5OS2. The van der Waals surface area contributed by atoms with Crippen molar-refractivity contribution >= 4 is 50.6 Å². The highest BCUT2D eigenvalue weighted by Gasteiger charge is 2.10. The Balaban J connectivity index is 1.36. The number of benzene rings is 2. The highest BCUT2D eigenvalue weighted by Crippen LogP contribution is 2.27. The molecule has 2 heterocycles. The Hall–Kier alpha value is -2.49. The van der Waals surface area contributed by atoms with Crippen LogP contribution in [0.15, 0.2) is 74.8 Å². The lowest BCUT2D eigenvalue weighted by Gasteiger charge is -2.05. The molecule has 0 aliphatic heterocycles. The molecule has 0 unspecified atom stereocenters. The number of hydrogen-bond donors (Lipinski definition) is 1. The number of carbonyl (C=O) groups is 1. The monoisotopic (exact) mass is 485 g/mol. The molecule has 0 aliphatic rings. The largest absolute Gasteiger partial charge is 0.326 e. The minimum absolute atomic E-state index is 0.0928. The van der Waals surface area contributed by atoms with Crippen LogP contribution in [-0.2, 0) is 18.3 Å². The predicted molar refractivity (Wildman–Crippen MR) is 119 cm³/mol. The summed E-state index contributed by atoms with van der Waals surface area (Å²) in [6.07, 6.45) is 1.90. The van der Waals surface area contributed by atoms with E-state index in [9.17, 15) is 4.79 Å². The number of carbonyl (C=O) groups excluding carboxylic acids is 1. The van der Waals surface area contributed by atoms with E-state index in [0.29, 0.717) is 0 Å². The molecule has 0 radical (unpaired) electrons. The molecule has 0 bridgehead atoms. The molecule has 1 amide bonds. The van der Waals surface area contributed by atoms with E-state index in [-0.39, 0.29) is 12.3 Å². The number of rotatable bonds is 6. The number of anilines is 1. The summed E-state index contributed by atoms with van der Waals surface area (Å²) in [6.45, 7) is 0. The van der Waals surface area contributed by atoms with Crippen LogP contribution in [0.4, 0.5) is 5.69 Å². The van der Waals surface area contributed by atoms with Crippen LogP contribution in [0.3, 0.4) is 0 Å². The van der Waals surface area contributed by atoms with Gasteiger partial charge >= 0.3 is 0 Å². The van der Waals surface area contributed by atoms with Gasteiger partial charge in [-0.2, -0.15) is 0 Å². The van der Waals surface area contributed by atoms with Gasteiger partial charge in [-0.25, -0.2) is 4.98 Å². The summed E-state index contributed by atoms with van der Waals surface area (Å²) in [6, 6.07) is 15.6. The molecule has 4 rings (SSSR count). The summed E-state index contributed by atoms with van der Waals surface area (Å²) in [5, 5.41) is 14.5. The van der Waals surface area contributed by atoms with Gasteiger partial charge in [0.1, 0.15) is 11.3 Å². The number of thiazole rings is 1. The second-order valence-electron chi connectivity index (χ2n) is 6.23. The fourth-order valence-corrected chi connectivity index (χ4v) is 4.57. The minimum Gasteiger partial charge on any atom is -0.326 e. The maximum atomic E-state index is 12.4. The van der Waals surface area contributed by atoms with Crippen molar-refractivity contribution in [2.24, 2.45) is 7.05 Å². The van der Waals surface area contributed by atoms with E-state index in [1.54, 1.807) is 6.33 Å². The number of nitrogens with one attached hydrogen (secondary N) is 1. The SMILES string of the molecule is Cn1cnnc1Sc1ccc(NC(=O)Cc2csc(-c3cccc(Br)c3)n2)cc1. The van der Waals surface area contributed by atoms with E-state index < -0.39 is 0 Å². The molecule has 2 aromatic heterocycles. The van der Waals surface area contributed by atoms with E-state index in [0.717, 1.165) is 36.5 Å². The molecule has 0 spiro atoms. The quantitative estimate of drug-likeness (QED) is 0.414. The molecule has 0 fully saturated rings. The van der Waals surface area contributed by atoms with E-state index in [2.05, 4.69) is 36.4 Å². The van der Waals surface area contributed by atoms with Gasteiger partial charge in [-0.1, -0.05) is 28.1 Å². The number of hydrogen-bond acceptors (Lipinski definition) is 6. The van der Waals surface area contributed by atoms with Gasteiger partial charge in [-0.05, 0) is 48.2 Å². The summed E-state index contributed by atoms with van der Waals surface area (Å²) in [7, 11) is 1.90. The van der Waals surface area contributed by atoms with Gasteiger partial charge in [0.05, 0.1) is 12.1 Å². The van der Waals surface area contributed by atoms with Gasteiger partial charge in [0.25, 0.3) is 0 Å². The summed E-state index contributed by atoms with van der Waals surface area (Å²) >= 11 is 6.53. The van der Waals surface area contributed by atoms with Gasteiger partial charge in [-0.15, -0.1) is 21.5 Å². The van der Waals surface area contributed by atoms with Crippen molar-refractivity contribution < 1.29 is 4.79 Å². The zero-order valence-corrected chi connectivity index (χ0v) is 18.6. The molecule has 6 nitrogen and oxygen atoms in total. The molecule has 29 heavy (non-hydrogen) atoms. The number of nitrogens with zero attached hydrogens (tertiary/aromatic N) is 4. The zero-order valence-electron chi connectivity index (χ0n) is 15.4. The number of amides is 1. The van der Waals surface area contributed by atoms with Crippen molar-refractivity contribution in [2.45, 2.75) is 16.5 Å². The topological polar surface area (TPSA) is 72.7 Å². The first-order chi connectivity index (χ1) is 14.1. The Morgan fingerprint density at radius 3 is 2.79 bits per heavy atom. The number of aromatic nitrogens is 4. The Labute approximate surface area is 184 Å². The van der Waals surface area contributed by atoms with Crippen LogP contribution in [0.1, 0.15) is 5.69 Å². The van der Waals surface area contributed by atoms with E-state index in [1.165, 1.54) is 23.1 Å². The van der Waals surface area contributed by atoms with Gasteiger partial charge < -0.3 is 9.88 Å². The lowest BCUT2D eigenvalue weighted by Crippen LogP contribution is -2.14. The maximum Gasteiger partial charge on any atom is 0.230 e. The molecule has 4 aromatic rings. The van der Waals surface area contributed by atoms with E-state index in [4.69, 9.17) is 0 Å². The van der Waals surface area contributed by atoms with Gasteiger partial charge in [0.2, 0.25) is 5.91 Å². The first-order valence-corrected chi connectivity index (χ1v) is 11.2. The maximum absolute atomic E-state index is 12.4. The number of halogens is 1. The highest BCUT2D eigenvalue weighted by atomic mass is 79.9. The van der Waals surface area contributed by atoms with Gasteiger partial charge in [0, 0.05) is 33.0 Å². The van der Waals surface area contributed by atoms with Crippen molar-refractivity contribution in [3.63, 3.8) is 0 Å². The van der Waals surface area contributed by atoms with Crippen molar-refractivity contribution in [3.8, 4) is 10.6 Å². The van der Waals surface area contributed by atoms with Crippen LogP contribution in [0.2, 0.25) is 0 Å². The fourth-order valence-electron chi connectivity index (χ4n) is 2.59. The van der Waals surface area contributed by atoms with Gasteiger partial charge in [-0.3, -0.25) is 4.79 Å². The Morgan fingerprint density at radius 1 is 1.24 bits per heavy atom. The molecule has 146 valence electrons. The van der Waals surface area contributed by atoms with Crippen LogP contribution >= 0.6 is 39.0 Å². The molecular weight excluding hydrogens is 470 g/mol. The third-order valence-corrected chi connectivity index (χ3v) is 6.48. The first-order valence-electron chi connectivity index (χ1n) is 8.69. The molecule has 0 saturated heterocycles. The van der Waals surface area contributed by atoms with Crippen LogP contribution in [-0.4, -0.2) is 25.7 Å². The molecule has 2 aromatic carbocycles. The summed E-state index contributed by atoms with van der Waals surface area (Å²) in [4.78, 5) is 18.0. The van der Waals surface area contributed by atoms with Crippen LogP contribution in [0, 0.1) is 0 Å². The minimum atomic E-state index is -0.0928. The lowest BCUT2D eigenvalue weighted by atomic mass is 10.2. The van der Waals surface area contributed by atoms with Crippen molar-refractivity contribution in [1.82, 2.24) is 19.7 Å². The molecule has 1 N–H and O–H groups in total. The van der Waals surface area contributed by atoms with Crippen LogP contribution in [0.5, 0.6) is 0 Å². The lowest BCUT2D eigenvalue weighted by molar-refractivity contribution is -0.115. The number of aryl methyl sites for hydroxylation is 1. The third kappa shape index (κ3) is 5.11. The highest BCUT2D eigenvalue weighted by molar-refractivity contribution is 9.10. The van der Waals surface area contributed by atoms with Crippen LogP contribution in [0.25, 0.3) is 10.6 Å². The van der Waals surface area contributed by atoms with Crippen molar-refractivity contribution in [3.05, 3.63) is 70.4 Å². The second kappa shape index (κ2) is 8.89. The van der Waals surface area contributed by atoms with E-state index >= 15 is 0 Å². The molecule has 0 atom stereocenters. The zero-order chi connectivity index (χ0) is 20.2. The molecule has 0 saturated carbocycles. The predicted octanol–water partition coefficient (Wildman–Crippen LogP) is 5.03. The average molecular weight is 486 g/mol. The first kappa shape index (κ1) is 19.8. The van der Waals surface area contributed by atoms with Crippen molar-refractivity contribution in [1.29, 1.82) is 0 Å². The standard InChI is InChI=1S/C20H16BrN5OS2/c1-26-12-22-25-20(26)29-17-7-5-15(6-8-17)23-18(27)10-16-11-28-19(24-16)13-3-2-4-14(21)9-13/h2-9,11-12H,10H2,1H3,(H,23,27). The summed E-state index contributed by atoms with van der Waals surface area (Å²) < 4.78 is 2.86. The normalized spacial score (nSPS) is 10.8. The Morgan fingerprint density at radius 2 is 2.07 bits per heavy atom. The third-order valence-electron chi connectivity index (χ3n) is 3.98. The van der Waals surface area contributed by atoms with Gasteiger partial charge in [0.15, 0.2) is 5.16 Å². The summed E-state index contributed by atoms with van der Waals surface area (Å²) in [5.74, 6) is -0.0928. The molecule has 9 heteroatoms. The Kier molecular flexibility index (Phi) is 6.08. The Bertz CT molecular complexity index is 1140. The summed E-state index contributed by atoms with van der Waals surface area (Å²) in [5.41, 5.74) is 2.55. The average Bonchev–Trinajstić information content (AvgIpc) is 3.33.